The molecule has 2 unspecified atom stereocenters. The first kappa shape index (κ1) is 48.4. The predicted molar refractivity (Wildman–Crippen MR) is 231 cm³/mol. The van der Waals surface area contributed by atoms with Gasteiger partial charge in [-0.15, -0.1) is 0 Å². The zero-order chi connectivity index (χ0) is 47.4. The van der Waals surface area contributed by atoms with Gasteiger partial charge >= 0.3 is 0 Å². The maximum Gasteiger partial charge on any atom is 0.270 e. The number of halogens is 2. The number of ether oxygens (including phenoxy) is 4. The number of nitrogens with zero attached hydrogens (tertiary/aromatic N) is 3. The van der Waals surface area contributed by atoms with E-state index in [-0.39, 0.29) is 118 Å². The Hall–Kier alpha value is -7.05. The fraction of sp³-hybridized carbons (Fsp3) is 0.370. The second-order valence-electron chi connectivity index (χ2n) is 15.3. The monoisotopic (exact) mass is 912 g/mol. The Morgan fingerprint density at radius 1 is 0.818 bits per heavy atom. The Morgan fingerprint density at radius 2 is 1.48 bits per heavy atom. The summed E-state index contributed by atoms with van der Waals surface area (Å²) in [6, 6.07) is 15.0. The molecule has 66 heavy (non-hydrogen) atoms. The van der Waals surface area contributed by atoms with Gasteiger partial charge in [0.1, 0.15) is 19.3 Å². The number of hydrogen-bond acceptors (Lipinski definition) is 13. The summed E-state index contributed by atoms with van der Waals surface area (Å²) in [5.41, 5.74) is 1.38. The van der Waals surface area contributed by atoms with Crippen molar-refractivity contribution in [3.05, 3.63) is 89.0 Å². The molecule has 0 aliphatic carbocycles. The molecule has 2 atom stereocenters. The number of alkyl halides is 2. The van der Waals surface area contributed by atoms with Crippen LogP contribution in [0.4, 0.5) is 25.8 Å². The van der Waals surface area contributed by atoms with Crippen LogP contribution in [0.1, 0.15) is 71.4 Å². The fourth-order valence-electron chi connectivity index (χ4n) is 6.95. The van der Waals surface area contributed by atoms with Crippen molar-refractivity contribution in [3.8, 4) is 11.8 Å². The molecule has 0 bridgehead atoms. The van der Waals surface area contributed by atoms with Crippen molar-refractivity contribution < 1.29 is 66.1 Å². The summed E-state index contributed by atoms with van der Waals surface area (Å²) in [6.07, 6.45) is 0.446. The average molecular weight is 913 g/mol. The molecule has 20 heteroatoms. The number of fused-ring (bicyclic) bond motifs is 1. The molecular formula is C46H46F2N6O12. The molecule has 346 valence electrons. The van der Waals surface area contributed by atoms with Gasteiger partial charge in [-0.3, -0.25) is 48.6 Å². The summed E-state index contributed by atoms with van der Waals surface area (Å²) in [4.78, 5) is 101. The molecule has 7 amide bonds. The zero-order valence-electron chi connectivity index (χ0n) is 36.0. The van der Waals surface area contributed by atoms with E-state index in [0.29, 0.717) is 11.3 Å². The quantitative estimate of drug-likeness (QED) is 0.0603. The summed E-state index contributed by atoms with van der Waals surface area (Å²) in [7, 11) is 0. The lowest BCUT2D eigenvalue weighted by Crippen LogP contribution is -2.54. The largest absolute Gasteiger partial charge is 0.377 e. The summed E-state index contributed by atoms with van der Waals surface area (Å²) in [5, 5.41) is 12.6. The lowest BCUT2D eigenvalue weighted by molar-refractivity contribution is -0.136. The number of piperidine rings is 1. The molecular weight excluding hydrogens is 867 g/mol. The molecule has 1 fully saturated rings. The van der Waals surface area contributed by atoms with Crippen molar-refractivity contribution >= 4 is 69.9 Å². The fourth-order valence-corrected chi connectivity index (χ4v) is 6.95. The van der Waals surface area contributed by atoms with Crippen LogP contribution in [0.5, 0.6) is 0 Å². The highest BCUT2D eigenvalue weighted by Gasteiger charge is 2.45. The zero-order valence-corrected chi connectivity index (χ0v) is 36.0. The highest BCUT2D eigenvalue weighted by atomic mass is 19.3. The molecule has 3 aliphatic rings. The van der Waals surface area contributed by atoms with Crippen LogP contribution in [0, 0.1) is 17.8 Å². The van der Waals surface area contributed by atoms with Crippen molar-refractivity contribution in [2.45, 2.75) is 51.5 Å². The van der Waals surface area contributed by atoms with E-state index in [9.17, 15) is 47.1 Å². The molecule has 3 aromatic carbocycles. The number of carbonyl (C=O) groups is 8. The van der Waals surface area contributed by atoms with E-state index in [1.807, 2.05) is 0 Å². The third-order valence-electron chi connectivity index (χ3n) is 10.2. The molecule has 3 heterocycles. The minimum Gasteiger partial charge on any atom is -0.377 e. The Balaban J connectivity index is 0.788. The third kappa shape index (κ3) is 12.6. The smallest absolute Gasteiger partial charge is 0.270 e. The molecule has 6 rings (SSSR count). The van der Waals surface area contributed by atoms with Crippen LogP contribution in [0.2, 0.25) is 0 Å². The van der Waals surface area contributed by atoms with E-state index < -0.39 is 59.2 Å². The van der Waals surface area contributed by atoms with Crippen LogP contribution >= 0.6 is 0 Å². The van der Waals surface area contributed by atoms with E-state index >= 15 is 0 Å². The number of carbonyl (C=O) groups excluding carboxylic acids is 8. The van der Waals surface area contributed by atoms with Gasteiger partial charge in [-0.2, -0.15) is 10.1 Å². The molecule has 3 N–H and O–H groups in total. The number of rotatable bonds is 21. The van der Waals surface area contributed by atoms with Gasteiger partial charge in [-0.05, 0) is 61.9 Å². The molecule has 18 nitrogen and oxygen atoms in total. The van der Waals surface area contributed by atoms with Crippen molar-refractivity contribution in [2.75, 3.05) is 68.5 Å². The maximum absolute atomic E-state index is 13.8. The van der Waals surface area contributed by atoms with E-state index in [0.717, 1.165) is 22.9 Å². The molecule has 0 spiro atoms. The Morgan fingerprint density at radius 3 is 2.20 bits per heavy atom. The number of Topliss-reactive ketones (excluding diaryl/α,β-unsaturated/α-hetero) is 1. The van der Waals surface area contributed by atoms with Crippen LogP contribution in [0.3, 0.4) is 0 Å². The van der Waals surface area contributed by atoms with E-state index in [2.05, 4.69) is 32.9 Å². The number of imide groups is 2. The molecule has 0 radical (unpaired) electrons. The first-order valence-corrected chi connectivity index (χ1v) is 20.9. The van der Waals surface area contributed by atoms with Crippen LogP contribution in [-0.4, -0.2) is 117 Å². The van der Waals surface area contributed by atoms with Gasteiger partial charge in [0, 0.05) is 48.7 Å². The van der Waals surface area contributed by atoms with Crippen molar-refractivity contribution in [1.29, 1.82) is 0 Å². The van der Waals surface area contributed by atoms with Gasteiger partial charge < -0.3 is 29.6 Å². The van der Waals surface area contributed by atoms with E-state index in [1.165, 1.54) is 43.3 Å². The average Bonchev–Trinajstić information content (AvgIpc) is 3.71. The molecule has 0 saturated carbocycles. The number of ketones is 1. The highest BCUT2D eigenvalue weighted by molar-refractivity contribution is 6.29. The summed E-state index contributed by atoms with van der Waals surface area (Å²) in [5.74, 6) is -2.97. The normalized spacial score (nSPS) is 17.0. The number of nitrogens with one attached hydrogen (secondary N) is 3. The summed E-state index contributed by atoms with van der Waals surface area (Å²) >= 11 is 0. The van der Waals surface area contributed by atoms with Crippen molar-refractivity contribution in [2.24, 2.45) is 11.0 Å². The number of hydrazone groups is 1. The predicted octanol–water partition coefficient (Wildman–Crippen LogP) is 3.58. The lowest BCUT2D eigenvalue weighted by Gasteiger charge is -2.27. The molecule has 1 saturated heterocycles. The first-order valence-electron chi connectivity index (χ1n) is 20.9. The number of hydrogen-bond donors (Lipinski definition) is 3. The topological polar surface area (TPSA) is 228 Å². The van der Waals surface area contributed by atoms with Crippen LogP contribution in [0.15, 0.2) is 71.8 Å². The van der Waals surface area contributed by atoms with Crippen molar-refractivity contribution in [3.63, 3.8) is 0 Å². The second-order valence-corrected chi connectivity index (χ2v) is 15.3. The minimum absolute atomic E-state index is 0.00266. The molecule has 3 aliphatic heterocycles. The van der Waals surface area contributed by atoms with Crippen LogP contribution in [-0.2, 0) is 53.6 Å². The second kappa shape index (κ2) is 22.2. The molecule has 3 aromatic rings. The van der Waals surface area contributed by atoms with Crippen LogP contribution in [0.25, 0.3) is 0 Å². The number of amides is 7. The summed E-state index contributed by atoms with van der Waals surface area (Å²) < 4.78 is 49.1. The standard InChI is InChI=1S/C46H46F2N6O12/c1-28-40(42(59)50-31-10-6-9-30(24-31)46(2,47)48)45(62)54(52-28)33-11-5-8-29(23-33)7-3-4-12-34(55)26-65-21-19-63-17-18-64-20-22-66-27-39(57)49-32-13-14-35-36(25-32)44(61)53(43(35)60)37-15-16-38(56)51-41(37)58/h5-6,8-11,13-14,23-25,37,40H,4,12,15-22,26-27H2,1-2H3,(H,49,57)(H,50,59)(H,51,56,58). The van der Waals surface area contributed by atoms with E-state index in [4.69, 9.17) is 18.9 Å². The Kier molecular flexibility index (Phi) is 16.3. The van der Waals surface area contributed by atoms with E-state index in [1.54, 1.807) is 24.3 Å². The Bertz CT molecular complexity index is 2500. The van der Waals surface area contributed by atoms with Gasteiger partial charge in [0.15, 0.2) is 11.7 Å². The maximum atomic E-state index is 13.8. The SMILES string of the molecule is CC1=NN(c2cccc(C#CCCC(=O)COCCOCCOCCOCC(=O)Nc3ccc4c(c3)C(=O)N(C3CCC(=O)NC3=O)C4=O)c2)C(=O)C1C(=O)Nc1cccc(C(C)(F)F)c1. The van der Waals surface area contributed by atoms with Gasteiger partial charge in [-0.25, -0.2) is 8.78 Å². The highest BCUT2D eigenvalue weighted by Crippen LogP contribution is 2.31. The first-order chi connectivity index (χ1) is 31.6. The minimum atomic E-state index is -3.11. The van der Waals surface area contributed by atoms with Gasteiger partial charge in [0.25, 0.3) is 23.6 Å². The van der Waals surface area contributed by atoms with Crippen molar-refractivity contribution in [1.82, 2.24) is 10.2 Å². The third-order valence-corrected chi connectivity index (χ3v) is 10.2. The lowest BCUT2D eigenvalue weighted by atomic mass is 10.0. The molecule has 0 aromatic heterocycles. The van der Waals surface area contributed by atoms with Gasteiger partial charge in [0.05, 0.1) is 62.2 Å². The number of anilines is 3. The summed E-state index contributed by atoms with van der Waals surface area (Å²) in [6.45, 7) is 3.05. The number of benzene rings is 3. The van der Waals surface area contributed by atoms with Gasteiger partial charge in [0.2, 0.25) is 23.6 Å². The van der Waals surface area contributed by atoms with Crippen LogP contribution < -0.4 is 21.0 Å². The Labute approximate surface area is 377 Å². The van der Waals surface area contributed by atoms with Gasteiger partial charge in [-0.1, -0.05) is 30.0 Å².